The first kappa shape index (κ1) is 15.4. The predicted molar refractivity (Wildman–Crippen MR) is 86.8 cm³/mol. The van der Waals surface area contributed by atoms with E-state index in [1.165, 1.54) is 6.07 Å². The molecule has 6 heteroatoms. The van der Waals surface area contributed by atoms with E-state index < -0.39 is 5.97 Å². The highest BCUT2D eigenvalue weighted by molar-refractivity contribution is 9.10. The topological polar surface area (TPSA) is 44.1 Å². The van der Waals surface area contributed by atoms with Crippen molar-refractivity contribution < 1.29 is 13.9 Å². The van der Waals surface area contributed by atoms with Crippen molar-refractivity contribution in [2.75, 3.05) is 0 Å². The van der Waals surface area contributed by atoms with Gasteiger partial charge >= 0.3 is 5.97 Å². The fourth-order valence-corrected chi connectivity index (χ4v) is 2.32. The largest absolute Gasteiger partial charge is 0.457 e. The number of esters is 1. The Morgan fingerprint density at radius 3 is 2.57 bits per heavy atom. The monoisotopic (exact) mass is 374 g/mol. The predicted octanol–water partition coefficient (Wildman–Crippen LogP) is 4.13. The van der Waals surface area contributed by atoms with Gasteiger partial charge in [0.05, 0.1) is 21.9 Å². The van der Waals surface area contributed by atoms with E-state index in [2.05, 4.69) is 21.0 Å². The molecule has 1 heterocycles. The summed E-state index contributed by atoms with van der Waals surface area (Å²) in [6, 6.07) is 13.0. The Morgan fingerprint density at radius 1 is 1.17 bits per heavy atom. The van der Waals surface area contributed by atoms with Gasteiger partial charge in [0, 0.05) is 11.8 Å². The molecular formula is C17H12BrFN2O2. The molecule has 0 amide bonds. The third-order valence-electron chi connectivity index (χ3n) is 3.24. The van der Waals surface area contributed by atoms with Crippen LogP contribution in [0.15, 0.2) is 65.4 Å². The Bertz CT molecular complexity index is 831. The average Bonchev–Trinajstić information content (AvgIpc) is 3.00. The molecule has 2 aromatic carbocycles. The molecule has 0 unspecified atom stereocenters. The van der Waals surface area contributed by atoms with Crippen LogP contribution in [0.2, 0.25) is 0 Å². The lowest BCUT2D eigenvalue weighted by atomic mass is 10.2. The van der Waals surface area contributed by atoms with Crippen LogP contribution < -0.4 is 0 Å². The molecule has 116 valence electrons. The van der Waals surface area contributed by atoms with Crippen LogP contribution in [-0.4, -0.2) is 15.7 Å². The number of carbonyl (C=O) groups is 1. The van der Waals surface area contributed by atoms with Gasteiger partial charge in [0.15, 0.2) is 0 Å². The Morgan fingerprint density at radius 2 is 1.91 bits per heavy atom. The second-order valence-electron chi connectivity index (χ2n) is 4.82. The molecule has 3 rings (SSSR count). The normalized spacial score (nSPS) is 10.5. The molecule has 0 aliphatic carbocycles. The van der Waals surface area contributed by atoms with Crippen LogP contribution in [0.5, 0.6) is 0 Å². The van der Waals surface area contributed by atoms with Gasteiger partial charge in [0.1, 0.15) is 12.4 Å². The highest BCUT2D eigenvalue weighted by Crippen LogP contribution is 2.15. The zero-order valence-corrected chi connectivity index (χ0v) is 13.5. The molecule has 1 aromatic heterocycles. The minimum atomic E-state index is -0.499. The van der Waals surface area contributed by atoms with Gasteiger partial charge in [-0.05, 0) is 46.3 Å². The van der Waals surface area contributed by atoms with Gasteiger partial charge in [0.2, 0.25) is 0 Å². The number of hydrogen-bond donors (Lipinski definition) is 0. The Balaban J connectivity index is 1.67. The summed E-state index contributed by atoms with van der Waals surface area (Å²) in [5.41, 5.74) is 1.57. The highest BCUT2D eigenvalue weighted by Gasteiger charge is 2.09. The van der Waals surface area contributed by atoms with Gasteiger partial charge < -0.3 is 4.74 Å². The SMILES string of the molecule is O=C(OCc1ccccc1F)c1ccc(-n2cc(Br)cn2)cc1. The summed E-state index contributed by atoms with van der Waals surface area (Å²) in [7, 11) is 0. The van der Waals surface area contributed by atoms with Crippen LogP contribution >= 0.6 is 15.9 Å². The number of halogens is 2. The maximum absolute atomic E-state index is 13.5. The van der Waals surface area contributed by atoms with Crippen molar-refractivity contribution in [1.82, 2.24) is 9.78 Å². The van der Waals surface area contributed by atoms with Crippen molar-refractivity contribution in [3.05, 3.63) is 82.3 Å². The van der Waals surface area contributed by atoms with Crippen LogP contribution in [-0.2, 0) is 11.3 Å². The number of ether oxygens (including phenoxy) is 1. The molecule has 0 aliphatic heterocycles. The molecule has 4 nitrogen and oxygen atoms in total. The van der Waals surface area contributed by atoms with E-state index in [-0.39, 0.29) is 12.4 Å². The Hall–Kier alpha value is -2.47. The van der Waals surface area contributed by atoms with E-state index in [1.54, 1.807) is 53.3 Å². The minimum Gasteiger partial charge on any atom is -0.457 e. The van der Waals surface area contributed by atoms with E-state index in [0.29, 0.717) is 11.1 Å². The molecular weight excluding hydrogens is 363 g/mol. The standard InChI is InChI=1S/C17H12BrFN2O2/c18-14-9-20-21(10-14)15-7-5-12(6-8-15)17(22)23-11-13-3-1-2-4-16(13)19/h1-10H,11H2. The van der Waals surface area contributed by atoms with Gasteiger partial charge in [-0.3, -0.25) is 0 Å². The van der Waals surface area contributed by atoms with Gasteiger partial charge in [-0.15, -0.1) is 0 Å². The van der Waals surface area contributed by atoms with Crippen molar-refractivity contribution in [3.8, 4) is 5.69 Å². The van der Waals surface area contributed by atoms with E-state index in [4.69, 9.17) is 4.74 Å². The molecule has 0 bridgehead atoms. The highest BCUT2D eigenvalue weighted by atomic mass is 79.9. The molecule has 0 fully saturated rings. The summed E-state index contributed by atoms with van der Waals surface area (Å²) in [6.45, 7) is -0.0979. The summed E-state index contributed by atoms with van der Waals surface area (Å²) in [5, 5.41) is 4.16. The molecule has 23 heavy (non-hydrogen) atoms. The van der Waals surface area contributed by atoms with Crippen molar-refractivity contribution in [3.63, 3.8) is 0 Å². The average molecular weight is 375 g/mol. The summed E-state index contributed by atoms with van der Waals surface area (Å²) >= 11 is 3.33. The molecule has 0 radical (unpaired) electrons. The second-order valence-corrected chi connectivity index (χ2v) is 5.73. The first-order valence-corrected chi connectivity index (χ1v) is 7.64. The van der Waals surface area contributed by atoms with Crippen LogP contribution in [0.4, 0.5) is 4.39 Å². The van der Waals surface area contributed by atoms with E-state index in [0.717, 1.165) is 10.2 Å². The third-order valence-corrected chi connectivity index (χ3v) is 3.64. The van der Waals surface area contributed by atoms with Crippen LogP contribution in [0.25, 0.3) is 5.69 Å². The van der Waals surface area contributed by atoms with Crippen molar-refractivity contribution in [2.24, 2.45) is 0 Å². The van der Waals surface area contributed by atoms with Gasteiger partial charge in [-0.25, -0.2) is 13.9 Å². The molecule has 0 N–H and O–H groups in total. The maximum atomic E-state index is 13.5. The smallest absolute Gasteiger partial charge is 0.338 e. The quantitative estimate of drug-likeness (QED) is 0.644. The molecule has 0 aliphatic rings. The lowest BCUT2D eigenvalue weighted by Gasteiger charge is -2.07. The fraction of sp³-hybridized carbons (Fsp3) is 0.0588. The summed E-state index contributed by atoms with van der Waals surface area (Å²) in [4.78, 5) is 12.0. The van der Waals surface area contributed by atoms with Crippen molar-refractivity contribution >= 4 is 21.9 Å². The van der Waals surface area contributed by atoms with Gasteiger partial charge in [-0.1, -0.05) is 18.2 Å². The Kier molecular flexibility index (Phi) is 4.52. The summed E-state index contributed by atoms with van der Waals surface area (Å²) < 4.78 is 21.2. The first-order valence-electron chi connectivity index (χ1n) is 6.84. The summed E-state index contributed by atoms with van der Waals surface area (Å²) in [5.74, 6) is -0.888. The zero-order valence-electron chi connectivity index (χ0n) is 11.9. The van der Waals surface area contributed by atoms with E-state index >= 15 is 0 Å². The third kappa shape index (κ3) is 3.65. The number of hydrogen-bond acceptors (Lipinski definition) is 3. The maximum Gasteiger partial charge on any atom is 0.338 e. The van der Waals surface area contributed by atoms with Crippen LogP contribution in [0.3, 0.4) is 0 Å². The number of carbonyl (C=O) groups excluding carboxylic acids is 1. The second kappa shape index (κ2) is 6.75. The van der Waals surface area contributed by atoms with Crippen molar-refractivity contribution in [1.29, 1.82) is 0 Å². The van der Waals surface area contributed by atoms with E-state index in [1.807, 2.05) is 6.20 Å². The zero-order chi connectivity index (χ0) is 16.2. The lowest BCUT2D eigenvalue weighted by molar-refractivity contribution is 0.0469. The number of benzene rings is 2. The molecule has 0 atom stereocenters. The Labute approximate surface area is 140 Å². The van der Waals surface area contributed by atoms with Gasteiger partial charge in [-0.2, -0.15) is 5.10 Å². The number of rotatable bonds is 4. The minimum absolute atomic E-state index is 0.0979. The molecule has 0 saturated heterocycles. The first-order chi connectivity index (χ1) is 11.1. The van der Waals surface area contributed by atoms with Crippen LogP contribution in [0, 0.1) is 5.82 Å². The number of aromatic nitrogens is 2. The summed E-state index contributed by atoms with van der Waals surface area (Å²) in [6.07, 6.45) is 3.49. The molecule has 0 saturated carbocycles. The molecule has 3 aromatic rings. The lowest BCUT2D eigenvalue weighted by Crippen LogP contribution is -2.06. The van der Waals surface area contributed by atoms with E-state index in [9.17, 15) is 9.18 Å². The van der Waals surface area contributed by atoms with Crippen LogP contribution in [0.1, 0.15) is 15.9 Å². The van der Waals surface area contributed by atoms with Gasteiger partial charge in [0.25, 0.3) is 0 Å². The number of nitrogens with zero attached hydrogens (tertiary/aromatic N) is 2. The fourth-order valence-electron chi connectivity index (χ4n) is 2.03. The molecule has 0 spiro atoms. The van der Waals surface area contributed by atoms with Crippen molar-refractivity contribution in [2.45, 2.75) is 6.61 Å².